The van der Waals surface area contributed by atoms with Crippen molar-refractivity contribution >= 4 is 49.1 Å². The van der Waals surface area contributed by atoms with Crippen molar-refractivity contribution in [3.63, 3.8) is 0 Å². The second-order valence-electron chi connectivity index (χ2n) is 2.70. The molecule has 0 fully saturated rings. The Kier molecular flexibility index (Phi) is 3.42. The van der Waals surface area contributed by atoms with Crippen LogP contribution < -0.4 is 7.80 Å². The summed E-state index contributed by atoms with van der Waals surface area (Å²) in [6.07, 6.45) is 0. The van der Waals surface area contributed by atoms with Crippen LogP contribution in [0, 0.1) is 6.92 Å². The summed E-state index contributed by atoms with van der Waals surface area (Å²) in [6.45, 7) is 2.03. The fourth-order valence-corrected chi connectivity index (χ4v) is 5.23. The van der Waals surface area contributed by atoms with E-state index in [0.717, 1.165) is 10.7 Å². The van der Waals surface area contributed by atoms with Gasteiger partial charge in [0, 0.05) is 0 Å². The summed E-state index contributed by atoms with van der Waals surface area (Å²) in [5.74, 6) is 0. The number of rotatable bonds is 2. The van der Waals surface area contributed by atoms with Crippen molar-refractivity contribution in [2.45, 2.75) is 6.92 Å². The molecule has 1 aromatic heterocycles. The van der Waals surface area contributed by atoms with Gasteiger partial charge in [-0.25, -0.2) is 0 Å². The van der Waals surface area contributed by atoms with Gasteiger partial charge in [-0.15, -0.1) is 0 Å². The van der Waals surface area contributed by atoms with E-state index in [1.807, 2.05) is 19.1 Å². The topological polar surface area (TPSA) is 25.8 Å². The van der Waals surface area contributed by atoms with Gasteiger partial charge >= 0.3 is 100 Å². The van der Waals surface area contributed by atoms with E-state index in [1.165, 1.54) is 7.80 Å². The van der Waals surface area contributed by atoms with E-state index in [4.69, 9.17) is 11.6 Å². The molecule has 0 unspecified atom stereocenters. The van der Waals surface area contributed by atoms with E-state index < -0.39 is 0 Å². The van der Waals surface area contributed by atoms with E-state index in [0.29, 0.717) is 15.0 Å². The van der Waals surface area contributed by atoms with Crippen LogP contribution in [0.5, 0.6) is 0 Å². The predicted molar refractivity (Wildman–Crippen MR) is 60.2 cm³/mol. The number of benzene rings is 1. The molecule has 0 saturated heterocycles. The summed E-state index contributed by atoms with van der Waals surface area (Å²) < 4.78 is 6.82. The molecule has 0 aliphatic rings. The molecule has 0 amide bonds. The number of halogens is 1. The van der Waals surface area contributed by atoms with Gasteiger partial charge in [-0.1, -0.05) is 0 Å². The summed E-state index contributed by atoms with van der Waals surface area (Å²) in [6, 6.07) is 8.03. The van der Waals surface area contributed by atoms with Crippen LogP contribution in [0.1, 0.15) is 5.69 Å². The van der Waals surface area contributed by atoms with Crippen molar-refractivity contribution in [1.29, 1.82) is 0 Å². The SMILES string of the molecule is Cc1nn[se]c1[Se]c1ccc(Cl)cc1. The Morgan fingerprint density at radius 2 is 2.00 bits per heavy atom. The molecule has 0 saturated carbocycles. The van der Waals surface area contributed by atoms with Crippen molar-refractivity contribution < 1.29 is 0 Å². The van der Waals surface area contributed by atoms with Crippen LogP contribution in [0.2, 0.25) is 5.02 Å². The molecular formula is C9H7ClN2Se2. The monoisotopic (exact) mass is 338 g/mol. The van der Waals surface area contributed by atoms with E-state index in [9.17, 15) is 0 Å². The molecule has 2 aromatic rings. The van der Waals surface area contributed by atoms with Gasteiger partial charge in [0.2, 0.25) is 0 Å². The molecule has 0 aliphatic carbocycles. The summed E-state index contributed by atoms with van der Waals surface area (Å²) >= 11 is 6.43. The van der Waals surface area contributed by atoms with Gasteiger partial charge < -0.3 is 0 Å². The molecular weight excluding hydrogens is 329 g/mol. The number of nitrogens with zero attached hydrogens (tertiary/aromatic N) is 2. The van der Waals surface area contributed by atoms with Crippen LogP contribution >= 0.6 is 11.6 Å². The Morgan fingerprint density at radius 1 is 1.29 bits per heavy atom. The van der Waals surface area contributed by atoms with Crippen LogP contribution in [-0.2, 0) is 0 Å². The van der Waals surface area contributed by atoms with E-state index in [-0.39, 0.29) is 14.7 Å². The molecule has 0 spiro atoms. The quantitative estimate of drug-likeness (QED) is 0.730. The molecule has 0 bridgehead atoms. The van der Waals surface area contributed by atoms with Gasteiger partial charge in [0.05, 0.1) is 0 Å². The van der Waals surface area contributed by atoms with Crippen molar-refractivity contribution in [2.24, 2.45) is 0 Å². The number of hydrogen-bond acceptors (Lipinski definition) is 2. The predicted octanol–water partition coefficient (Wildman–Crippen LogP) is 0.150. The number of aryl methyl sites for hydroxylation is 1. The normalized spacial score (nSPS) is 10.4. The first-order chi connectivity index (χ1) is 6.75. The third-order valence-electron chi connectivity index (χ3n) is 1.63. The van der Waals surface area contributed by atoms with Gasteiger partial charge in [0.15, 0.2) is 0 Å². The van der Waals surface area contributed by atoms with Crippen LogP contribution in [0.15, 0.2) is 24.3 Å². The van der Waals surface area contributed by atoms with Crippen molar-refractivity contribution in [3.8, 4) is 0 Å². The fraction of sp³-hybridized carbons (Fsp3) is 0.111. The van der Waals surface area contributed by atoms with Crippen LogP contribution in [0.4, 0.5) is 0 Å². The Balaban J connectivity index is 2.19. The fourth-order valence-electron chi connectivity index (χ4n) is 0.928. The van der Waals surface area contributed by atoms with Gasteiger partial charge in [0.1, 0.15) is 0 Å². The van der Waals surface area contributed by atoms with Crippen molar-refractivity contribution in [2.75, 3.05) is 0 Å². The second kappa shape index (κ2) is 4.61. The van der Waals surface area contributed by atoms with E-state index in [1.54, 1.807) is 0 Å². The van der Waals surface area contributed by atoms with Crippen molar-refractivity contribution in [3.05, 3.63) is 35.0 Å². The Hall–Kier alpha value is -0.111. The summed E-state index contributed by atoms with van der Waals surface area (Å²) in [4.78, 5) is 0. The molecule has 14 heavy (non-hydrogen) atoms. The van der Waals surface area contributed by atoms with Crippen molar-refractivity contribution in [1.82, 2.24) is 9.19 Å². The standard InChI is InChI=1S/C9H7ClN2Se2/c1-6-9(14-12-11-6)13-8-4-2-7(10)3-5-8/h2-5H,1H3. The zero-order valence-electron chi connectivity index (χ0n) is 7.40. The number of hydrogen-bond donors (Lipinski definition) is 0. The Labute approximate surface area is 99.8 Å². The molecule has 2 nitrogen and oxygen atoms in total. The minimum absolute atomic E-state index is 0.240. The third kappa shape index (κ3) is 2.47. The average molecular weight is 337 g/mol. The molecule has 5 heteroatoms. The van der Waals surface area contributed by atoms with Gasteiger partial charge in [-0.05, 0) is 0 Å². The van der Waals surface area contributed by atoms with Gasteiger partial charge in [-0.2, -0.15) is 0 Å². The molecule has 2 rings (SSSR count). The minimum atomic E-state index is 0.240. The molecule has 0 atom stereocenters. The zero-order chi connectivity index (χ0) is 9.97. The second-order valence-corrected chi connectivity index (χ2v) is 8.30. The molecule has 0 aliphatic heterocycles. The van der Waals surface area contributed by atoms with Crippen LogP contribution in [0.3, 0.4) is 0 Å². The first-order valence-corrected chi connectivity index (χ1v) is 7.69. The van der Waals surface area contributed by atoms with Gasteiger partial charge in [-0.3, -0.25) is 0 Å². The molecule has 0 N–H and O–H groups in total. The Bertz CT molecular complexity index is 425. The maximum absolute atomic E-state index is 5.82. The summed E-state index contributed by atoms with van der Waals surface area (Å²) in [5.41, 5.74) is 1.11. The molecule has 0 radical (unpaired) electrons. The zero-order valence-corrected chi connectivity index (χ0v) is 11.6. The first-order valence-electron chi connectivity index (χ1n) is 3.98. The molecule has 1 aromatic carbocycles. The number of aromatic nitrogens is 2. The molecule has 1 heterocycles. The summed E-state index contributed by atoms with van der Waals surface area (Å²) in [5, 5.41) is 4.85. The maximum atomic E-state index is 5.82. The average Bonchev–Trinajstić information content (AvgIpc) is 2.56. The molecule has 72 valence electrons. The van der Waals surface area contributed by atoms with E-state index >= 15 is 0 Å². The van der Waals surface area contributed by atoms with Crippen LogP contribution in [-0.4, -0.2) is 38.9 Å². The van der Waals surface area contributed by atoms with E-state index in [2.05, 4.69) is 21.3 Å². The van der Waals surface area contributed by atoms with Crippen LogP contribution in [0.25, 0.3) is 0 Å². The van der Waals surface area contributed by atoms with Gasteiger partial charge in [0.25, 0.3) is 0 Å². The first kappa shape index (κ1) is 10.4. The summed E-state index contributed by atoms with van der Waals surface area (Å²) in [7, 11) is 0. The Morgan fingerprint density at radius 3 is 2.57 bits per heavy atom. The third-order valence-corrected chi connectivity index (χ3v) is 6.99.